The predicted octanol–water partition coefficient (Wildman–Crippen LogP) is 5.71. The highest BCUT2D eigenvalue weighted by atomic mass is 35.5. The van der Waals surface area contributed by atoms with E-state index in [1.54, 1.807) is 18.2 Å². The number of piperidine rings is 1. The molecule has 2 heterocycles. The number of rotatable bonds is 2. The Morgan fingerprint density at radius 3 is 2.50 bits per heavy atom. The number of ketones is 1. The molecule has 0 spiro atoms. The second kappa shape index (κ2) is 7.31. The summed E-state index contributed by atoms with van der Waals surface area (Å²) < 4.78 is 5.93. The first-order valence-corrected chi connectivity index (χ1v) is 11.1. The van der Waals surface area contributed by atoms with Gasteiger partial charge in [0.25, 0.3) is 5.91 Å². The normalized spacial score (nSPS) is 15.8. The Morgan fingerprint density at radius 1 is 0.938 bits per heavy atom. The standard InChI is InChI=1S/C26H19ClN2O3/c27-17-6-8-23-22(14-17)28-25(32-23)15-9-11-29(12-10-15)26(31)16-5-7-19-18-3-1-2-4-20(18)24(30)21(19)13-16/h1-8,13-15H,9-12H2. The molecule has 0 N–H and O–H groups in total. The van der Waals surface area contributed by atoms with Gasteiger partial charge in [0.05, 0.1) is 0 Å². The highest BCUT2D eigenvalue weighted by Crippen LogP contribution is 2.37. The van der Waals surface area contributed by atoms with Gasteiger partial charge >= 0.3 is 0 Å². The van der Waals surface area contributed by atoms with Crippen LogP contribution in [0.1, 0.15) is 50.9 Å². The van der Waals surface area contributed by atoms with Crippen LogP contribution in [0.4, 0.5) is 0 Å². The van der Waals surface area contributed by atoms with Gasteiger partial charge in [-0.25, -0.2) is 4.98 Å². The summed E-state index contributed by atoms with van der Waals surface area (Å²) >= 11 is 6.05. The van der Waals surface area contributed by atoms with E-state index in [1.165, 1.54) is 0 Å². The molecule has 2 aliphatic rings. The maximum atomic E-state index is 13.2. The number of benzene rings is 3. The van der Waals surface area contributed by atoms with Gasteiger partial charge in [-0.05, 0) is 54.3 Å². The Morgan fingerprint density at radius 2 is 1.69 bits per heavy atom. The second-order valence-corrected chi connectivity index (χ2v) is 8.80. The molecule has 158 valence electrons. The molecule has 0 bridgehead atoms. The monoisotopic (exact) mass is 442 g/mol. The van der Waals surface area contributed by atoms with E-state index in [0.29, 0.717) is 40.7 Å². The van der Waals surface area contributed by atoms with Crippen molar-refractivity contribution in [2.75, 3.05) is 13.1 Å². The average Bonchev–Trinajstić information content (AvgIpc) is 3.37. The van der Waals surface area contributed by atoms with Gasteiger partial charge in [0.1, 0.15) is 5.52 Å². The average molecular weight is 443 g/mol. The fourth-order valence-corrected chi connectivity index (χ4v) is 4.93. The summed E-state index contributed by atoms with van der Waals surface area (Å²) in [6, 6.07) is 18.5. The molecule has 1 aromatic heterocycles. The molecule has 1 fully saturated rings. The van der Waals surface area contributed by atoms with Crippen molar-refractivity contribution in [1.82, 2.24) is 9.88 Å². The molecule has 0 unspecified atom stereocenters. The summed E-state index contributed by atoms with van der Waals surface area (Å²) in [5.74, 6) is 0.816. The number of aromatic nitrogens is 1. The molecule has 3 aromatic carbocycles. The van der Waals surface area contributed by atoms with Gasteiger partial charge in [0.15, 0.2) is 17.3 Å². The van der Waals surface area contributed by atoms with E-state index >= 15 is 0 Å². The van der Waals surface area contributed by atoms with Crippen LogP contribution in [-0.2, 0) is 0 Å². The van der Waals surface area contributed by atoms with E-state index in [0.717, 1.165) is 35.1 Å². The van der Waals surface area contributed by atoms with Crippen LogP contribution in [0.3, 0.4) is 0 Å². The molecule has 4 aromatic rings. The minimum atomic E-state index is -0.0423. The van der Waals surface area contributed by atoms with Crippen LogP contribution < -0.4 is 0 Å². The zero-order valence-electron chi connectivity index (χ0n) is 17.2. The van der Waals surface area contributed by atoms with Crippen molar-refractivity contribution in [2.24, 2.45) is 0 Å². The highest BCUT2D eigenvalue weighted by Gasteiger charge is 2.30. The van der Waals surface area contributed by atoms with E-state index in [-0.39, 0.29) is 17.6 Å². The lowest BCUT2D eigenvalue weighted by atomic mass is 9.95. The topological polar surface area (TPSA) is 63.4 Å². The molecule has 6 rings (SSSR count). The van der Waals surface area contributed by atoms with Crippen LogP contribution in [0, 0.1) is 0 Å². The number of amides is 1. The number of nitrogens with zero attached hydrogens (tertiary/aromatic N) is 2. The first-order chi connectivity index (χ1) is 15.6. The predicted molar refractivity (Wildman–Crippen MR) is 122 cm³/mol. The molecular formula is C26H19ClN2O3. The minimum absolute atomic E-state index is 0.0139. The molecule has 32 heavy (non-hydrogen) atoms. The number of hydrogen-bond acceptors (Lipinski definition) is 4. The zero-order chi connectivity index (χ0) is 21.8. The summed E-state index contributed by atoms with van der Waals surface area (Å²) in [6.45, 7) is 1.24. The van der Waals surface area contributed by atoms with Gasteiger partial charge in [-0.2, -0.15) is 0 Å². The molecule has 6 heteroatoms. The molecule has 0 saturated carbocycles. The number of halogens is 1. The van der Waals surface area contributed by atoms with Gasteiger partial charge in [0.2, 0.25) is 0 Å². The largest absolute Gasteiger partial charge is 0.440 e. The first kappa shape index (κ1) is 19.3. The third-order valence-electron chi connectivity index (χ3n) is 6.47. The quantitative estimate of drug-likeness (QED) is 0.351. The van der Waals surface area contributed by atoms with Crippen LogP contribution in [-0.4, -0.2) is 34.7 Å². The summed E-state index contributed by atoms with van der Waals surface area (Å²) in [6.07, 6.45) is 1.56. The fraction of sp³-hybridized carbons (Fsp3) is 0.192. The van der Waals surface area contributed by atoms with E-state index in [9.17, 15) is 9.59 Å². The SMILES string of the molecule is O=C1c2ccccc2-c2ccc(C(=O)N3CCC(c4nc5cc(Cl)ccc5o4)CC3)cc21. The highest BCUT2D eigenvalue weighted by molar-refractivity contribution is 6.31. The number of carbonyl (C=O) groups is 2. The van der Waals surface area contributed by atoms with Gasteiger partial charge in [0, 0.05) is 40.7 Å². The molecule has 1 aliphatic heterocycles. The molecule has 1 saturated heterocycles. The Balaban J connectivity index is 1.19. The van der Waals surface area contributed by atoms with Crippen molar-refractivity contribution in [3.8, 4) is 11.1 Å². The number of oxazole rings is 1. The van der Waals surface area contributed by atoms with Crippen molar-refractivity contribution in [2.45, 2.75) is 18.8 Å². The lowest BCUT2D eigenvalue weighted by molar-refractivity contribution is 0.0706. The second-order valence-electron chi connectivity index (χ2n) is 8.37. The third-order valence-corrected chi connectivity index (χ3v) is 6.71. The summed E-state index contributed by atoms with van der Waals surface area (Å²) in [5, 5.41) is 0.633. The molecule has 0 atom stereocenters. The Hall–Kier alpha value is -3.44. The van der Waals surface area contributed by atoms with Gasteiger partial charge < -0.3 is 9.32 Å². The van der Waals surface area contributed by atoms with Crippen LogP contribution in [0.5, 0.6) is 0 Å². The Labute approximate surface area is 189 Å². The van der Waals surface area contributed by atoms with E-state index < -0.39 is 0 Å². The summed E-state index contributed by atoms with van der Waals surface area (Å²) in [4.78, 5) is 32.4. The lowest BCUT2D eigenvalue weighted by Crippen LogP contribution is -2.38. The van der Waals surface area contributed by atoms with Crippen molar-refractivity contribution >= 4 is 34.4 Å². The molecule has 1 amide bonds. The molecular weight excluding hydrogens is 424 g/mol. The van der Waals surface area contributed by atoms with Crippen molar-refractivity contribution in [1.29, 1.82) is 0 Å². The zero-order valence-corrected chi connectivity index (χ0v) is 17.9. The Kier molecular flexibility index (Phi) is 4.40. The van der Waals surface area contributed by atoms with Crippen LogP contribution in [0.15, 0.2) is 65.1 Å². The van der Waals surface area contributed by atoms with Crippen molar-refractivity contribution in [3.05, 3.63) is 88.3 Å². The van der Waals surface area contributed by atoms with Gasteiger partial charge in [-0.1, -0.05) is 41.9 Å². The maximum Gasteiger partial charge on any atom is 0.253 e. The van der Waals surface area contributed by atoms with Crippen molar-refractivity contribution in [3.63, 3.8) is 0 Å². The third kappa shape index (κ3) is 3.04. The summed E-state index contributed by atoms with van der Waals surface area (Å²) in [7, 11) is 0. The van der Waals surface area contributed by atoms with Crippen LogP contribution in [0.25, 0.3) is 22.2 Å². The van der Waals surface area contributed by atoms with E-state index in [1.807, 2.05) is 47.4 Å². The number of likely N-dealkylation sites (tertiary alicyclic amines) is 1. The van der Waals surface area contributed by atoms with Gasteiger partial charge in [-0.3, -0.25) is 9.59 Å². The van der Waals surface area contributed by atoms with Crippen LogP contribution >= 0.6 is 11.6 Å². The Bertz CT molecular complexity index is 1400. The fourth-order valence-electron chi connectivity index (χ4n) is 4.77. The van der Waals surface area contributed by atoms with Gasteiger partial charge in [-0.15, -0.1) is 0 Å². The van der Waals surface area contributed by atoms with Crippen molar-refractivity contribution < 1.29 is 14.0 Å². The van der Waals surface area contributed by atoms with E-state index in [4.69, 9.17) is 16.0 Å². The first-order valence-electron chi connectivity index (χ1n) is 10.7. The molecule has 1 aliphatic carbocycles. The number of fused-ring (bicyclic) bond motifs is 4. The summed E-state index contributed by atoms with van der Waals surface area (Å²) in [5.41, 5.74) is 5.19. The molecule has 5 nitrogen and oxygen atoms in total. The minimum Gasteiger partial charge on any atom is -0.440 e. The lowest BCUT2D eigenvalue weighted by Gasteiger charge is -2.30. The maximum absolute atomic E-state index is 13.2. The molecule has 0 radical (unpaired) electrons. The number of hydrogen-bond donors (Lipinski definition) is 0. The van der Waals surface area contributed by atoms with E-state index in [2.05, 4.69) is 4.98 Å². The van der Waals surface area contributed by atoms with Crippen LogP contribution in [0.2, 0.25) is 5.02 Å². The number of carbonyl (C=O) groups excluding carboxylic acids is 2. The smallest absolute Gasteiger partial charge is 0.253 e.